The standard InChI is InChI=1S/C12H13NO2S/c14-12(6-9-7-13-8-16-9)4-1-2-11-10(12)3-5-15-11/h3,5,7-8,14H,1-2,4,6H2. The van der Waals surface area contributed by atoms with Crippen LogP contribution in [0.2, 0.25) is 0 Å². The maximum absolute atomic E-state index is 10.7. The van der Waals surface area contributed by atoms with Crippen molar-refractivity contribution in [2.45, 2.75) is 31.3 Å². The Morgan fingerprint density at radius 1 is 1.56 bits per heavy atom. The molecule has 4 heteroatoms. The SMILES string of the molecule is OC1(Cc2cncs2)CCCc2occc21. The van der Waals surface area contributed by atoms with Crippen molar-refractivity contribution in [3.63, 3.8) is 0 Å². The highest BCUT2D eigenvalue weighted by molar-refractivity contribution is 7.09. The van der Waals surface area contributed by atoms with E-state index in [1.54, 1.807) is 23.1 Å². The number of hydrogen-bond acceptors (Lipinski definition) is 4. The number of aliphatic hydroxyl groups is 1. The Kier molecular flexibility index (Phi) is 2.33. The van der Waals surface area contributed by atoms with Gasteiger partial charge in [0, 0.05) is 29.5 Å². The van der Waals surface area contributed by atoms with Gasteiger partial charge in [-0.3, -0.25) is 4.98 Å². The Hall–Kier alpha value is -1.13. The van der Waals surface area contributed by atoms with Crippen LogP contribution in [0.1, 0.15) is 29.0 Å². The molecule has 2 aromatic rings. The lowest BCUT2D eigenvalue weighted by atomic mass is 9.80. The minimum atomic E-state index is -0.757. The third-order valence-electron chi connectivity index (χ3n) is 3.19. The molecule has 16 heavy (non-hydrogen) atoms. The van der Waals surface area contributed by atoms with Crippen LogP contribution < -0.4 is 0 Å². The van der Waals surface area contributed by atoms with E-state index in [1.165, 1.54) is 0 Å². The van der Waals surface area contributed by atoms with Gasteiger partial charge in [-0.1, -0.05) is 0 Å². The first-order chi connectivity index (χ1) is 7.78. The van der Waals surface area contributed by atoms with Crippen molar-refractivity contribution >= 4 is 11.3 Å². The molecule has 1 atom stereocenters. The van der Waals surface area contributed by atoms with E-state index in [9.17, 15) is 5.11 Å². The van der Waals surface area contributed by atoms with Crippen molar-refractivity contribution in [2.75, 3.05) is 0 Å². The number of furan rings is 1. The molecule has 0 aliphatic heterocycles. The van der Waals surface area contributed by atoms with E-state index in [0.717, 1.165) is 35.5 Å². The molecule has 0 spiro atoms. The third kappa shape index (κ3) is 1.58. The molecule has 2 heterocycles. The predicted molar refractivity (Wildman–Crippen MR) is 61.4 cm³/mol. The van der Waals surface area contributed by atoms with Gasteiger partial charge in [-0.2, -0.15) is 0 Å². The molecule has 2 aromatic heterocycles. The number of hydrogen-bond donors (Lipinski definition) is 1. The van der Waals surface area contributed by atoms with E-state index in [4.69, 9.17) is 4.42 Å². The monoisotopic (exact) mass is 235 g/mol. The van der Waals surface area contributed by atoms with Crippen LogP contribution in [0.4, 0.5) is 0 Å². The molecule has 0 saturated heterocycles. The van der Waals surface area contributed by atoms with Crippen molar-refractivity contribution in [3.8, 4) is 0 Å². The molecule has 0 fully saturated rings. The minimum Gasteiger partial charge on any atom is -0.469 e. The minimum absolute atomic E-state index is 0.643. The molecule has 0 amide bonds. The molecule has 1 N–H and O–H groups in total. The first kappa shape index (κ1) is 10.1. The van der Waals surface area contributed by atoms with Gasteiger partial charge in [-0.05, 0) is 18.9 Å². The van der Waals surface area contributed by atoms with Gasteiger partial charge >= 0.3 is 0 Å². The quantitative estimate of drug-likeness (QED) is 0.870. The van der Waals surface area contributed by atoms with Gasteiger partial charge in [0.2, 0.25) is 0 Å². The highest BCUT2D eigenvalue weighted by Gasteiger charge is 2.36. The van der Waals surface area contributed by atoms with Crippen LogP contribution in [0.5, 0.6) is 0 Å². The maximum atomic E-state index is 10.7. The van der Waals surface area contributed by atoms with Gasteiger partial charge in [-0.25, -0.2) is 0 Å². The van der Waals surface area contributed by atoms with Crippen LogP contribution in [0.15, 0.2) is 28.5 Å². The average molecular weight is 235 g/mol. The topological polar surface area (TPSA) is 46.3 Å². The molecule has 1 aliphatic carbocycles. The molecule has 0 saturated carbocycles. The fourth-order valence-electron chi connectivity index (χ4n) is 2.43. The van der Waals surface area contributed by atoms with Gasteiger partial charge in [0.15, 0.2) is 0 Å². The highest BCUT2D eigenvalue weighted by Crippen LogP contribution is 2.38. The second kappa shape index (κ2) is 3.71. The Morgan fingerprint density at radius 2 is 2.50 bits per heavy atom. The van der Waals surface area contributed by atoms with E-state index in [0.29, 0.717) is 6.42 Å². The number of fused-ring (bicyclic) bond motifs is 1. The normalized spacial score (nSPS) is 24.3. The zero-order chi connectivity index (χ0) is 11.0. The smallest absolute Gasteiger partial charge is 0.109 e. The third-order valence-corrected chi connectivity index (χ3v) is 3.97. The maximum Gasteiger partial charge on any atom is 0.109 e. The summed E-state index contributed by atoms with van der Waals surface area (Å²) < 4.78 is 5.40. The van der Waals surface area contributed by atoms with Crippen LogP contribution in [-0.2, 0) is 18.4 Å². The summed E-state index contributed by atoms with van der Waals surface area (Å²) in [5.74, 6) is 0.943. The largest absolute Gasteiger partial charge is 0.469 e. The van der Waals surface area contributed by atoms with Gasteiger partial charge < -0.3 is 9.52 Å². The highest BCUT2D eigenvalue weighted by atomic mass is 32.1. The van der Waals surface area contributed by atoms with Gasteiger partial charge in [0.25, 0.3) is 0 Å². The second-order valence-corrected chi connectivity index (χ2v) is 5.26. The summed E-state index contributed by atoms with van der Waals surface area (Å²) in [4.78, 5) is 5.17. The number of aromatic nitrogens is 1. The summed E-state index contributed by atoms with van der Waals surface area (Å²) in [6.45, 7) is 0. The summed E-state index contributed by atoms with van der Waals surface area (Å²) in [5.41, 5.74) is 2.01. The van der Waals surface area contributed by atoms with Crippen molar-refractivity contribution in [3.05, 3.63) is 40.2 Å². The first-order valence-corrected chi connectivity index (χ1v) is 6.32. The fourth-order valence-corrected chi connectivity index (χ4v) is 3.13. The van der Waals surface area contributed by atoms with E-state index < -0.39 is 5.60 Å². The van der Waals surface area contributed by atoms with E-state index >= 15 is 0 Å². The van der Waals surface area contributed by atoms with Crippen LogP contribution in [0.25, 0.3) is 0 Å². The first-order valence-electron chi connectivity index (χ1n) is 5.44. The summed E-state index contributed by atoms with van der Waals surface area (Å²) in [6.07, 6.45) is 6.87. The van der Waals surface area contributed by atoms with Gasteiger partial charge in [-0.15, -0.1) is 11.3 Å². The lowest BCUT2D eigenvalue weighted by molar-refractivity contribution is 0.0176. The Balaban J connectivity index is 1.95. The zero-order valence-corrected chi connectivity index (χ0v) is 9.67. The number of rotatable bonds is 2. The Morgan fingerprint density at radius 3 is 3.31 bits per heavy atom. The van der Waals surface area contributed by atoms with Crippen molar-refractivity contribution in [2.24, 2.45) is 0 Å². The molecule has 0 radical (unpaired) electrons. The Labute approximate surface area is 97.8 Å². The summed E-state index contributed by atoms with van der Waals surface area (Å²) in [5, 5.41) is 10.7. The predicted octanol–water partition coefficient (Wildman–Crippen LogP) is 2.50. The van der Waals surface area contributed by atoms with Crippen LogP contribution in [-0.4, -0.2) is 10.1 Å². The summed E-state index contributed by atoms with van der Waals surface area (Å²) in [6, 6.07) is 1.90. The van der Waals surface area contributed by atoms with Crippen LogP contribution >= 0.6 is 11.3 Å². The molecule has 0 aromatic carbocycles. The van der Waals surface area contributed by atoms with Gasteiger partial charge in [0.05, 0.1) is 17.4 Å². The van der Waals surface area contributed by atoms with Crippen LogP contribution in [0, 0.1) is 0 Å². The molecule has 1 aliphatic rings. The molecule has 1 unspecified atom stereocenters. The van der Waals surface area contributed by atoms with E-state index in [-0.39, 0.29) is 0 Å². The lowest BCUT2D eigenvalue weighted by Gasteiger charge is -2.31. The summed E-state index contributed by atoms with van der Waals surface area (Å²) in [7, 11) is 0. The van der Waals surface area contributed by atoms with Crippen molar-refractivity contribution < 1.29 is 9.52 Å². The van der Waals surface area contributed by atoms with Gasteiger partial charge in [0.1, 0.15) is 5.76 Å². The molecule has 84 valence electrons. The van der Waals surface area contributed by atoms with Crippen molar-refractivity contribution in [1.29, 1.82) is 0 Å². The molecule has 3 rings (SSSR count). The molecular formula is C12H13NO2S. The number of nitrogens with zero attached hydrogens (tertiary/aromatic N) is 1. The number of aryl methyl sites for hydroxylation is 1. The summed E-state index contributed by atoms with van der Waals surface area (Å²) >= 11 is 1.59. The van der Waals surface area contributed by atoms with E-state index in [2.05, 4.69) is 4.98 Å². The molecule has 3 nitrogen and oxygen atoms in total. The average Bonchev–Trinajstić information content (AvgIpc) is 2.88. The zero-order valence-electron chi connectivity index (χ0n) is 8.85. The fraction of sp³-hybridized carbons (Fsp3) is 0.417. The Bertz CT molecular complexity index is 477. The molecule has 0 bridgehead atoms. The number of thiazole rings is 1. The lowest BCUT2D eigenvalue weighted by Crippen LogP contribution is -2.31. The second-order valence-electron chi connectivity index (χ2n) is 4.29. The van der Waals surface area contributed by atoms with E-state index in [1.807, 2.05) is 12.3 Å². The van der Waals surface area contributed by atoms with Crippen molar-refractivity contribution in [1.82, 2.24) is 4.98 Å². The van der Waals surface area contributed by atoms with Crippen LogP contribution in [0.3, 0.4) is 0 Å². The molecular weight excluding hydrogens is 222 g/mol.